The minimum absolute atomic E-state index is 0.0162. The number of hydrogen-bond donors (Lipinski definition) is 5. The third-order valence-corrected chi connectivity index (χ3v) is 14.1. The van der Waals surface area contributed by atoms with Crippen LogP contribution in [0.2, 0.25) is 0 Å². The number of carbonyl (C=O) groups excluding carboxylic acids is 5. The van der Waals surface area contributed by atoms with Crippen molar-refractivity contribution in [3.05, 3.63) is 88.2 Å². The quantitative estimate of drug-likeness (QED) is 0.202. The van der Waals surface area contributed by atoms with Crippen LogP contribution in [0.1, 0.15) is 118 Å². The van der Waals surface area contributed by atoms with Gasteiger partial charge in [0, 0.05) is 107 Å². The van der Waals surface area contributed by atoms with Crippen molar-refractivity contribution in [2.75, 3.05) is 50.7 Å². The van der Waals surface area contributed by atoms with Gasteiger partial charge in [-0.3, -0.25) is 29.0 Å². The van der Waals surface area contributed by atoms with Gasteiger partial charge in [0.1, 0.15) is 35.4 Å². The van der Waals surface area contributed by atoms with E-state index in [1.165, 1.54) is 26.2 Å². The van der Waals surface area contributed by atoms with E-state index in [9.17, 15) is 39.3 Å². The van der Waals surface area contributed by atoms with Gasteiger partial charge in [0.15, 0.2) is 0 Å². The largest absolute Gasteiger partial charge is 0.507 e. The Morgan fingerprint density at radius 1 is 0.972 bits per heavy atom. The van der Waals surface area contributed by atoms with Crippen molar-refractivity contribution in [3.63, 3.8) is 0 Å². The third-order valence-electron chi connectivity index (χ3n) is 14.1. The molecule has 5 N–H and O–H groups in total. The highest BCUT2D eigenvalue weighted by Gasteiger charge is 2.54. The number of rotatable bonds is 6. The van der Waals surface area contributed by atoms with Gasteiger partial charge < -0.3 is 54.9 Å². The maximum atomic E-state index is 14.7. The fourth-order valence-corrected chi connectivity index (χ4v) is 10.1. The van der Waals surface area contributed by atoms with Gasteiger partial charge in [-0.25, -0.2) is 9.97 Å². The number of anilines is 1. The number of carbonyl (C=O) groups is 5. The maximum Gasteiger partial charge on any atom is 0.315 e. The molecule has 1 aromatic heterocycles. The zero-order chi connectivity index (χ0) is 50.8. The molecule has 2 aromatic rings. The standard InChI is InChI=1S/C52H66N8O11/c1-30(2)29-58-21-15-52(16-22-58)56-42-39-40-45(65)33(5)47-41(39)48(67)51(6,71-47)69-25-8-7-14-35(70-38(64)28-37(63)59-19-11-20-60(24-23-59)50-53-17-10-18-54-50)26-34(61)27-36(62)31(3)12-9-13-32(4)49(68)55-44(46(40)66)43(42)57-52/h8-10,12-13,17-18,25,30-31,34-36,57,61-62,65H,7,11,14-16,19-24,26-29H2,1-6H3,(H,55,68)/b12-9+,25-8+,32-13-/t31?,34?,35-,36-,51+/m1/s1. The predicted octanol–water partition coefficient (Wildman–Crippen LogP) is 4.15. The monoisotopic (exact) mass is 978 g/mol. The Labute approximate surface area is 413 Å². The number of ether oxygens (including phenoxy) is 3. The highest BCUT2D eigenvalue weighted by Crippen LogP contribution is 2.50. The molecule has 2 saturated heterocycles. The van der Waals surface area contributed by atoms with Crippen molar-refractivity contribution < 1.29 is 53.5 Å². The van der Waals surface area contributed by atoms with E-state index in [-0.39, 0.29) is 76.4 Å². The Balaban J connectivity index is 1.06. The van der Waals surface area contributed by atoms with Crippen molar-refractivity contribution in [2.24, 2.45) is 16.8 Å². The molecule has 1 aliphatic carbocycles. The van der Waals surface area contributed by atoms with Crippen LogP contribution in [-0.2, 0) is 23.9 Å². The van der Waals surface area contributed by atoms with Crippen LogP contribution in [0, 0.1) is 18.8 Å². The summed E-state index contributed by atoms with van der Waals surface area (Å²) in [6, 6.07) is 1.73. The summed E-state index contributed by atoms with van der Waals surface area (Å²) < 4.78 is 18.2. The number of fused-ring (bicyclic) bond motifs is 13. The summed E-state index contributed by atoms with van der Waals surface area (Å²) in [7, 11) is 0. The zero-order valence-corrected chi connectivity index (χ0v) is 41.4. The summed E-state index contributed by atoms with van der Waals surface area (Å²) in [5, 5.41) is 40.5. The molecule has 2 unspecified atom stereocenters. The van der Waals surface area contributed by atoms with E-state index >= 15 is 0 Å². The number of Topliss-reactive ketones (excluding diaryl/α,β-unsaturated/α-hetero) is 2. The lowest BCUT2D eigenvalue weighted by molar-refractivity contribution is -0.154. The zero-order valence-electron chi connectivity index (χ0n) is 41.4. The van der Waals surface area contributed by atoms with Crippen LogP contribution in [0.4, 0.5) is 5.95 Å². The number of aliphatic imine (C=N–C) groups is 1. The Kier molecular flexibility index (Phi) is 15.1. The van der Waals surface area contributed by atoms with Crippen molar-refractivity contribution in [1.82, 2.24) is 30.4 Å². The van der Waals surface area contributed by atoms with Gasteiger partial charge in [0.25, 0.3) is 11.7 Å². The summed E-state index contributed by atoms with van der Waals surface area (Å²) >= 11 is 0. The minimum Gasteiger partial charge on any atom is -0.507 e. The van der Waals surface area contributed by atoms with Gasteiger partial charge in [0.05, 0.1) is 41.0 Å². The molecule has 5 atom stereocenters. The predicted molar refractivity (Wildman–Crippen MR) is 261 cm³/mol. The molecular weight excluding hydrogens is 913 g/mol. The molecule has 19 nitrogen and oxygen atoms in total. The van der Waals surface area contributed by atoms with Gasteiger partial charge in [-0.1, -0.05) is 39.0 Å². The number of phenols is 1. The van der Waals surface area contributed by atoms with Gasteiger partial charge >= 0.3 is 11.8 Å². The molecular formula is C52H66N8O11. The lowest BCUT2D eigenvalue weighted by Crippen LogP contribution is -2.50. The average Bonchev–Trinajstić information content (AvgIpc) is 3.69. The number of phenolic OH excluding ortho intramolecular Hbond substituents is 1. The molecule has 0 radical (unpaired) electrons. The fourth-order valence-electron chi connectivity index (χ4n) is 10.1. The molecule has 71 heavy (non-hydrogen) atoms. The van der Waals surface area contributed by atoms with E-state index in [2.05, 4.69) is 39.3 Å². The number of ketones is 2. The number of aliphatic hydroxyl groups is 2. The topological polar surface area (TPSA) is 246 Å². The number of aliphatic hydroxyl groups excluding tert-OH is 2. The Hall–Kier alpha value is -6.44. The number of nitrogens with one attached hydrogen (secondary N) is 2. The number of likely N-dealkylation sites (tertiary alicyclic amines) is 1. The van der Waals surface area contributed by atoms with Crippen molar-refractivity contribution in [2.45, 2.75) is 123 Å². The van der Waals surface area contributed by atoms with Crippen LogP contribution in [0.25, 0.3) is 0 Å². The SMILES string of the molecule is C/C1=C/C=C/C(C)[C@H](O)CC(O)C[C@H](OC(=O)CC(=O)N2CCCN(c3ncccn3)CC2)CC/C=C/O[C@@]2(C)Oc3c(C)c(O)c4c(c3C2=O)C2=NC3(CCN(CC(C)C)CC3)NC2=C(NC1=O)C4=O. The number of amides is 2. The Morgan fingerprint density at radius 2 is 1.72 bits per heavy atom. The van der Waals surface area contributed by atoms with Crippen molar-refractivity contribution >= 4 is 41.0 Å². The van der Waals surface area contributed by atoms with Gasteiger partial charge in [0.2, 0.25) is 17.6 Å². The number of nitrogens with zero attached hydrogens (tertiary/aromatic N) is 6. The second-order valence-electron chi connectivity index (χ2n) is 20.1. The summed E-state index contributed by atoms with van der Waals surface area (Å²) in [4.78, 5) is 90.0. The summed E-state index contributed by atoms with van der Waals surface area (Å²) in [6.07, 6.45) is 9.61. The van der Waals surface area contributed by atoms with E-state index in [4.69, 9.17) is 19.2 Å². The van der Waals surface area contributed by atoms with Crippen LogP contribution in [-0.4, -0.2) is 146 Å². The Bertz CT molecular complexity index is 2580. The van der Waals surface area contributed by atoms with Gasteiger partial charge in [-0.15, -0.1) is 0 Å². The summed E-state index contributed by atoms with van der Waals surface area (Å²) in [5.74, 6) is -4.90. The Morgan fingerprint density at radius 3 is 2.45 bits per heavy atom. The molecule has 1 aromatic carbocycles. The molecule has 7 aliphatic rings. The highest BCUT2D eigenvalue weighted by molar-refractivity contribution is 6.34. The van der Waals surface area contributed by atoms with Crippen LogP contribution >= 0.6 is 0 Å². The van der Waals surface area contributed by atoms with Crippen LogP contribution in [0.15, 0.2) is 71.0 Å². The first kappa shape index (κ1) is 50.9. The summed E-state index contributed by atoms with van der Waals surface area (Å²) in [6.45, 7) is 14.9. The lowest BCUT2D eigenvalue weighted by atomic mass is 9.82. The molecule has 2 amide bonds. The smallest absolute Gasteiger partial charge is 0.315 e. The van der Waals surface area contributed by atoms with Crippen LogP contribution < -0.4 is 20.3 Å². The lowest BCUT2D eigenvalue weighted by Gasteiger charge is -2.38. The second-order valence-corrected chi connectivity index (χ2v) is 20.1. The van der Waals surface area contributed by atoms with E-state index in [0.29, 0.717) is 70.4 Å². The number of benzene rings is 1. The third kappa shape index (κ3) is 10.9. The second kappa shape index (κ2) is 21.1. The molecule has 19 heteroatoms. The van der Waals surface area contributed by atoms with Crippen molar-refractivity contribution in [3.8, 4) is 11.5 Å². The van der Waals surface area contributed by atoms with E-state index in [1.807, 2.05) is 4.90 Å². The molecule has 0 saturated carbocycles. The molecule has 380 valence electrons. The number of piperidine rings is 1. The molecule has 2 fully saturated rings. The fraction of sp³-hybridized carbons (Fsp3) is 0.538. The number of hydrogen-bond acceptors (Lipinski definition) is 17. The van der Waals surface area contributed by atoms with E-state index in [1.54, 1.807) is 55.4 Å². The highest BCUT2D eigenvalue weighted by atomic mass is 16.7. The molecule has 6 aliphatic heterocycles. The van der Waals surface area contributed by atoms with E-state index in [0.717, 1.165) is 6.54 Å². The van der Waals surface area contributed by atoms with Crippen molar-refractivity contribution in [1.29, 1.82) is 0 Å². The van der Waals surface area contributed by atoms with Crippen LogP contribution in [0.5, 0.6) is 11.5 Å². The van der Waals surface area contributed by atoms with Gasteiger partial charge in [-0.2, -0.15) is 0 Å². The number of allylic oxidation sites excluding steroid dienone is 5. The number of esters is 1. The minimum atomic E-state index is -1.95. The first-order valence-corrected chi connectivity index (χ1v) is 24.7. The number of aromatic nitrogens is 2. The van der Waals surface area contributed by atoms with Gasteiger partial charge in [-0.05, 0) is 57.6 Å². The average molecular weight is 979 g/mol. The van der Waals surface area contributed by atoms with Crippen LogP contribution in [0.3, 0.4) is 0 Å². The molecule has 5 bridgehead atoms. The number of aromatic hydroxyl groups is 1. The maximum absolute atomic E-state index is 14.7. The summed E-state index contributed by atoms with van der Waals surface area (Å²) in [5.41, 5.74) is -0.238. The first-order chi connectivity index (χ1) is 33.9. The van der Waals surface area contributed by atoms with E-state index < -0.39 is 77.2 Å². The first-order valence-electron chi connectivity index (χ1n) is 24.7. The molecule has 9 rings (SSSR count). The normalized spacial score (nSPS) is 27.9. The molecule has 7 heterocycles. The molecule has 1 spiro atoms.